The summed E-state index contributed by atoms with van der Waals surface area (Å²) in [5.41, 5.74) is 0.935. The smallest absolute Gasteiger partial charge is 0.198 e. The van der Waals surface area contributed by atoms with Crippen LogP contribution in [0.15, 0.2) is 18.2 Å². The Morgan fingerprint density at radius 3 is 2.35 bits per heavy atom. The molecule has 1 aromatic rings. The monoisotopic (exact) mass is 280 g/mol. The fraction of sp³-hybridized carbons (Fsp3) is 0.625. The number of rotatable bonds is 7. The van der Waals surface area contributed by atoms with Gasteiger partial charge in [0.2, 0.25) is 0 Å². The highest BCUT2D eigenvalue weighted by atomic mass is 16.7. The molecule has 1 aliphatic heterocycles. The Hall–Kier alpha value is -1.26. The van der Waals surface area contributed by atoms with E-state index in [1.807, 2.05) is 32.0 Å². The molecule has 112 valence electrons. The van der Waals surface area contributed by atoms with Gasteiger partial charge >= 0.3 is 0 Å². The third-order valence-corrected chi connectivity index (χ3v) is 3.31. The van der Waals surface area contributed by atoms with Crippen LogP contribution in [0.5, 0.6) is 11.5 Å². The lowest BCUT2D eigenvalue weighted by atomic mass is 9.99. The Labute approximate surface area is 121 Å². The second-order valence-corrected chi connectivity index (χ2v) is 4.70. The highest BCUT2D eigenvalue weighted by Crippen LogP contribution is 2.44. The largest absolute Gasteiger partial charge is 0.490 e. The predicted molar refractivity (Wildman–Crippen MR) is 77.3 cm³/mol. The lowest BCUT2D eigenvalue weighted by Gasteiger charge is -2.30. The lowest BCUT2D eigenvalue weighted by molar-refractivity contribution is -0.172. The van der Waals surface area contributed by atoms with E-state index < -0.39 is 5.79 Å². The van der Waals surface area contributed by atoms with Crippen molar-refractivity contribution in [3.05, 3.63) is 23.8 Å². The fourth-order valence-electron chi connectivity index (χ4n) is 2.60. The van der Waals surface area contributed by atoms with Gasteiger partial charge in [-0.05, 0) is 26.0 Å². The fourth-order valence-corrected chi connectivity index (χ4v) is 2.60. The van der Waals surface area contributed by atoms with E-state index in [1.165, 1.54) is 0 Å². The van der Waals surface area contributed by atoms with Crippen LogP contribution in [0.25, 0.3) is 0 Å². The summed E-state index contributed by atoms with van der Waals surface area (Å²) in [4.78, 5) is 0. The molecule has 1 heterocycles. The van der Waals surface area contributed by atoms with Crippen LogP contribution in [-0.2, 0) is 15.3 Å². The zero-order chi connectivity index (χ0) is 14.4. The molecule has 0 N–H and O–H groups in total. The van der Waals surface area contributed by atoms with Crippen LogP contribution in [0.4, 0.5) is 0 Å². The Morgan fingerprint density at radius 2 is 1.75 bits per heavy atom. The van der Waals surface area contributed by atoms with Gasteiger partial charge in [0.15, 0.2) is 17.3 Å². The average molecular weight is 280 g/mol. The highest BCUT2D eigenvalue weighted by Gasteiger charge is 2.40. The molecule has 1 fully saturated rings. The maximum absolute atomic E-state index is 5.93. The minimum atomic E-state index is -0.688. The van der Waals surface area contributed by atoms with Gasteiger partial charge in [-0.1, -0.05) is 19.4 Å². The minimum absolute atomic E-state index is 0.583. The zero-order valence-electron chi connectivity index (χ0n) is 12.6. The highest BCUT2D eigenvalue weighted by molar-refractivity contribution is 5.49. The molecule has 0 aliphatic carbocycles. The van der Waals surface area contributed by atoms with E-state index in [0.29, 0.717) is 26.4 Å². The predicted octanol–water partition coefficient (Wildman–Crippen LogP) is 3.48. The van der Waals surface area contributed by atoms with Crippen LogP contribution in [0, 0.1) is 0 Å². The maximum atomic E-state index is 5.93. The van der Waals surface area contributed by atoms with E-state index in [2.05, 4.69) is 6.92 Å². The maximum Gasteiger partial charge on any atom is 0.198 e. The van der Waals surface area contributed by atoms with Crippen LogP contribution in [0.2, 0.25) is 0 Å². The standard InChI is InChI=1S/C16H24O4/c1-4-10-16(19-11-12-20-16)13-8-7-9-14(17-5-2)15(13)18-6-3/h7-9H,4-6,10-12H2,1-3H3. The first-order valence-electron chi connectivity index (χ1n) is 7.44. The van der Waals surface area contributed by atoms with E-state index in [4.69, 9.17) is 18.9 Å². The molecule has 0 saturated carbocycles. The van der Waals surface area contributed by atoms with Gasteiger partial charge in [-0.3, -0.25) is 0 Å². The van der Waals surface area contributed by atoms with Crippen molar-refractivity contribution in [3.8, 4) is 11.5 Å². The van der Waals surface area contributed by atoms with Crippen molar-refractivity contribution >= 4 is 0 Å². The van der Waals surface area contributed by atoms with E-state index >= 15 is 0 Å². The molecule has 2 rings (SSSR count). The van der Waals surface area contributed by atoms with Crippen LogP contribution in [-0.4, -0.2) is 26.4 Å². The molecule has 4 nitrogen and oxygen atoms in total. The van der Waals surface area contributed by atoms with Crippen LogP contribution in [0.1, 0.15) is 39.2 Å². The van der Waals surface area contributed by atoms with E-state index in [-0.39, 0.29) is 0 Å². The molecule has 1 aliphatic rings. The molecule has 0 unspecified atom stereocenters. The van der Waals surface area contributed by atoms with Crippen molar-refractivity contribution in [1.29, 1.82) is 0 Å². The number of hydrogen-bond acceptors (Lipinski definition) is 4. The first-order chi connectivity index (χ1) is 9.77. The van der Waals surface area contributed by atoms with E-state index in [0.717, 1.165) is 29.9 Å². The third-order valence-electron chi connectivity index (χ3n) is 3.31. The van der Waals surface area contributed by atoms with Crippen LogP contribution < -0.4 is 9.47 Å². The Bertz CT molecular complexity index is 424. The summed E-state index contributed by atoms with van der Waals surface area (Å²) in [6.45, 7) is 8.47. The van der Waals surface area contributed by atoms with Crippen molar-refractivity contribution in [3.63, 3.8) is 0 Å². The molecule has 0 spiro atoms. The topological polar surface area (TPSA) is 36.9 Å². The van der Waals surface area contributed by atoms with Crippen molar-refractivity contribution in [2.75, 3.05) is 26.4 Å². The molecule has 0 atom stereocenters. The van der Waals surface area contributed by atoms with Crippen LogP contribution in [0.3, 0.4) is 0 Å². The Morgan fingerprint density at radius 1 is 1.05 bits per heavy atom. The third kappa shape index (κ3) is 2.91. The second-order valence-electron chi connectivity index (χ2n) is 4.70. The van der Waals surface area contributed by atoms with Crippen LogP contribution >= 0.6 is 0 Å². The number of para-hydroxylation sites is 1. The summed E-state index contributed by atoms with van der Waals surface area (Å²) in [5, 5.41) is 0. The molecule has 0 aromatic heterocycles. The summed E-state index contributed by atoms with van der Waals surface area (Å²) in [7, 11) is 0. The van der Waals surface area contributed by atoms with Gasteiger partial charge in [0.25, 0.3) is 0 Å². The first-order valence-corrected chi connectivity index (χ1v) is 7.44. The summed E-state index contributed by atoms with van der Waals surface area (Å²) < 4.78 is 23.4. The van der Waals surface area contributed by atoms with E-state index in [1.54, 1.807) is 0 Å². The molecular weight excluding hydrogens is 256 g/mol. The molecule has 1 saturated heterocycles. The number of ether oxygens (including phenoxy) is 4. The van der Waals surface area contributed by atoms with Gasteiger partial charge in [-0.25, -0.2) is 0 Å². The van der Waals surface area contributed by atoms with Gasteiger partial charge in [0.1, 0.15) is 0 Å². The molecule has 4 heteroatoms. The Balaban J connectivity index is 2.44. The molecule has 0 amide bonds. The zero-order valence-corrected chi connectivity index (χ0v) is 12.6. The van der Waals surface area contributed by atoms with E-state index in [9.17, 15) is 0 Å². The minimum Gasteiger partial charge on any atom is -0.490 e. The van der Waals surface area contributed by atoms with Crippen molar-refractivity contribution < 1.29 is 18.9 Å². The number of benzene rings is 1. The molecule has 0 radical (unpaired) electrons. The van der Waals surface area contributed by atoms with Gasteiger partial charge in [0, 0.05) is 6.42 Å². The van der Waals surface area contributed by atoms with Gasteiger partial charge in [-0.15, -0.1) is 0 Å². The van der Waals surface area contributed by atoms with Gasteiger partial charge < -0.3 is 18.9 Å². The second kappa shape index (κ2) is 6.95. The summed E-state index contributed by atoms with van der Waals surface area (Å²) in [6.07, 6.45) is 1.78. The summed E-state index contributed by atoms with van der Waals surface area (Å²) in [6, 6.07) is 5.90. The molecule has 20 heavy (non-hydrogen) atoms. The number of hydrogen-bond donors (Lipinski definition) is 0. The van der Waals surface area contributed by atoms with Gasteiger partial charge in [-0.2, -0.15) is 0 Å². The van der Waals surface area contributed by atoms with Crippen molar-refractivity contribution in [2.45, 2.75) is 39.4 Å². The summed E-state index contributed by atoms with van der Waals surface area (Å²) in [5.74, 6) is 0.806. The summed E-state index contributed by atoms with van der Waals surface area (Å²) >= 11 is 0. The van der Waals surface area contributed by atoms with Crippen molar-refractivity contribution in [2.24, 2.45) is 0 Å². The van der Waals surface area contributed by atoms with Gasteiger partial charge in [0.05, 0.1) is 32.0 Å². The Kier molecular flexibility index (Phi) is 5.26. The normalized spacial score (nSPS) is 17.1. The molecule has 1 aromatic carbocycles. The molecule has 0 bridgehead atoms. The quantitative estimate of drug-likeness (QED) is 0.766. The first kappa shape index (κ1) is 15.1. The molecular formula is C16H24O4. The lowest BCUT2D eigenvalue weighted by Crippen LogP contribution is -2.28. The van der Waals surface area contributed by atoms with Crippen molar-refractivity contribution in [1.82, 2.24) is 0 Å². The SMILES string of the molecule is CCCC1(c2cccc(OCC)c2OCC)OCCO1. The average Bonchev–Trinajstić information content (AvgIpc) is 2.91.